The van der Waals surface area contributed by atoms with Crippen LogP contribution in [-0.2, 0) is 0 Å². The van der Waals surface area contributed by atoms with Gasteiger partial charge >= 0.3 is 5.97 Å². The van der Waals surface area contributed by atoms with E-state index in [4.69, 9.17) is 9.52 Å². The number of carbonyl (C=O) groups excluding carboxylic acids is 1. The first-order valence-electron chi connectivity index (χ1n) is 6.26. The minimum Gasteiger partial charge on any atom is -0.475 e. The van der Waals surface area contributed by atoms with Crippen LogP contribution in [0.4, 0.5) is 0 Å². The normalized spacial score (nSPS) is 10.9. The summed E-state index contributed by atoms with van der Waals surface area (Å²) < 4.78 is 5.27. The van der Waals surface area contributed by atoms with E-state index in [9.17, 15) is 9.59 Å². The third kappa shape index (κ3) is 2.26. The average molecular weight is 260 g/mol. The van der Waals surface area contributed by atoms with Gasteiger partial charge in [0, 0.05) is 17.4 Å². The molecule has 2 rings (SSSR count). The predicted molar refractivity (Wildman–Crippen MR) is 71.9 cm³/mol. The molecule has 1 N–H and O–H groups in total. The van der Waals surface area contributed by atoms with Gasteiger partial charge in [-0.25, -0.2) is 4.79 Å². The van der Waals surface area contributed by atoms with E-state index in [0.717, 1.165) is 17.5 Å². The Morgan fingerprint density at radius 2 is 1.95 bits per heavy atom. The fourth-order valence-corrected chi connectivity index (χ4v) is 2.39. The molecule has 0 saturated heterocycles. The van der Waals surface area contributed by atoms with E-state index in [1.165, 1.54) is 6.07 Å². The molecule has 0 spiro atoms. The van der Waals surface area contributed by atoms with Crippen molar-refractivity contribution in [2.45, 2.75) is 33.6 Å². The molecule has 0 aliphatic rings. The van der Waals surface area contributed by atoms with Gasteiger partial charge in [0.25, 0.3) is 0 Å². The van der Waals surface area contributed by atoms with E-state index < -0.39 is 5.97 Å². The Morgan fingerprint density at radius 1 is 1.26 bits per heavy atom. The Labute approximate surface area is 111 Å². The molecule has 1 heterocycles. The molecule has 0 amide bonds. The lowest BCUT2D eigenvalue weighted by Crippen LogP contribution is -2.04. The van der Waals surface area contributed by atoms with E-state index in [1.54, 1.807) is 6.07 Å². The fourth-order valence-electron chi connectivity index (χ4n) is 2.39. The van der Waals surface area contributed by atoms with Gasteiger partial charge in [-0.05, 0) is 43.5 Å². The highest BCUT2D eigenvalue weighted by Crippen LogP contribution is 2.29. The summed E-state index contributed by atoms with van der Waals surface area (Å²) in [5.41, 5.74) is 2.83. The summed E-state index contributed by atoms with van der Waals surface area (Å²) in [6.45, 7) is 5.64. The maximum absolute atomic E-state index is 12.1. The first-order valence-corrected chi connectivity index (χ1v) is 6.26. The molecular weight excluding hydrogens is 244 g/mol. The molecule has 1 aromatic carbocycles. The van der Waals surface area contributed by atoms with Crippen molar-refractivity contribution >= 4 is 22.7 Å². The third-order valence-corrected chi connectivity index (χ3v) is 3.25. The standard InChI is InChI=1S/C15H16O4/c1-4-5-11(16)14-8(2)6-12-10(9(14)3)7-13(19-12)15(17)18/h6-7H,4-5H2,1-3H3,(H,17,18). The number of furan rings is 1. The minimum atomic E-state index is -1.10. The molecule has 19 heavy (non-hydrogen) atoms. The van der Waals surface area contributed by atoms with Gasteiger partial charge in [0.05, 0.1) is 0 Å². The molecular formula is C15H16O4. The van der Waals surface area contributed by atoms with Crippen LogP contribution in [0.3, 0.4) is 0 Å². The van der Waals surface area contributed by atoms with E-state index in [1.807, 2.05) is 20.8 Å². The van der Waals surface area contributed by atoms with Gasteiger partial charge in [0.15, 0.2) is 5.78 Å². The molecule has 4 heteroatoms. The summed E-state index contributed by atoms with van der Waals surface area (Å²) in [6.07, 6.45) is 1.29. The summed E-state index contributed by atoms with van der Waals surface area (Å²) in [5, 5.41) is 9.64. The zero-order valence-corrected chi connectivity index (χ0v) is 11.2. The highest BCUT2D eigenvalue weighted by atomic mass is 16.4. The fraction of sp³-hybridized carbons (Fsp3) is 0.333. The number of ketones is 1. The minimum absolute atomic E-state index is 0.0949. The van der Waals surface area contributed by atoms with Gasteiger partial charge in [0.2, 0.25) is 5.76 Å². The van der Waals surface area contributed by atoms with Gasteiger partial charge < -0.3 is 9.52 Å². The lowest BCUT2D eigenvalue weighted by Gasteiger charge is -2.09. The number of hydrogen-bond acceptors (Lipinski definition) is 3. The first-order chi connectivity index (χ1) is 8.95. The predicted octanol–water partition coefficient (Wildman–Crippen LogP) is 3.73. The molecule has 0 aliphatic heterocycles. The molecule has 0 unspecified atom stereocenters. The summed E-state index contributed by atoms with van der Waals surface area (Å²) in [5.74, 6) is -1.11. The Bertz CT molecular complexity index is 664. The van der Waals surface area contributed by atoms with E-state index in [-0.39, 0.29) is 11.5 Å². The monoisotopic (exact) mass is 260 g/mol. The van der Waals surface area contributed by atoms with Crippen LogP contribution in [0, 0.1) is 13.8 Å². The summed E-state index contributed by atoms with van der Waals surface area (Å²) >= 11 is 0. The lowest BCUT2D eigenvalue weighted by molar-refractivity contribution is 0.0664. The highest BCUT2D eigenvalue weighted by Gasteiger charge is 2.18. The second-order valence-electron chi connectivity index (χ2n) is 4.69. The molecule has 4 nitrogen and oxygen atoms in total. The number of Topliss-reactive ketones (excluding diaryl/α,β-unsaturated/α-hetero) is 1. The second kappa shape index (κ2) is 4.88. The number of benzene rings is 1. The van der Waals surface area contributed by atoms with Gasteiger partial charge in [-0.3, -0.25) is 4.79 Å². The first kappa shape index (κ1) is 13.3. The van der Waals surface area contributed by atoms with Gasteiger partial charge in [-0.1, -0.05) is 6.92 Å². The van der Waals surface area contributed by atoms with E-state index in [0.29, 0.717) is 23.0 Å². The van der Waals surface area contributed by atoms with Crippen molar-refractivity contribution in [1.82, 2.24) is 0 Å². The topological polar surface area (TPSA) is 67.5 Å². The van der Waals surface area contributed by atoms with Crippen LogP contribution >= 0.6 is 0 Å². The Hall–Kier alpha value is -2.10. The Balaban J connectivity index is 2.67. The van der Waals surface area contributed by atoms with Crippen molar-refractivity contribution in [1.29, 1.82) is 0 Å². The van der Waals surface area contributed by atoms with Crippen molar-refractivity contribution in [3.05, 3.63) is 34.6 Å². The van der Waals surface area contributed by atoms with Crippen molar-refractivity contribution in [2.75, 3.05) is 0 Å². The maximum Gasteiger partial charge on any atom is 0.371 e. The molecule has 100 valence electrons. The molecule has 0 saturated carbocycles. The Morgan fingerprint density at radius 3 is 2.53 bits per heavy atom. The number of carbonyl (C=O) groups is 2. The van der Waals surface area contributed by atoms with Crippen LogP contribution in [0.5, 0.6) is 0 Å². The zero-order valence-electron chi connectivity index (χ0n) is 11.2. The van der Waals surface area contributed by atoms with Crippen molar-refractivity contribution in [2.24, 2.45) is 0 Å². The summed E-state index contributed by atoms with van der Waals surface area (Å²) in [7, 11) is 0. The molecule has 2 aromatic rings. The van der Waals surface area contributed by atoms with E-state index in [2.05, 4.69) is 0 Å². The quantitative estimate of drug-likeness (QED) is 0.850. The van der Waals surface area contributed by atoms with Gasteiger partial charge in [-0.15, -0.1) is 0 Å². The number of carboxylic acids is 1. The average Bonchev–Trinajstić information content (AvgIpc) is 2.73. The molecule has 0 atom stereocenters. The number of carboxylic acid groups (broad SMARTS) is 1. The molecule has 0 aliphatic carbocycles. The Kier molecular flexibility index (Phi) is 3.42. The summed E-state index contributed by atoms with van der Waals surface area (Å²) in [4.78, 5) is 23.1. The second-order valence-corrected chi connectivity index (χ2v) is 4.69. The molecule has 0 fully saturated rings. The van der Waals surface area contributed by atoms with Crippen LogP contribution in [0.2, 0.25) is 0 Å². The third-order valence-electron chi connectivity index (χ3n) is 3.25. The number of rotatable bonds is 4. The molecule has 0 bridgehead atoms. The summed E-state index contributed by atoms with van der Waals surface area (Å²) in [6, 6.07) is 3.22. The molecule has 0 radical (unpaired) electrons. The van der Waals surface area contributed by atoms with E-state index >= 15 is 0 Å². The SMILES string of the molecule is CCCC(=O)c1c(C)cc2oc(C(=O)O)cc2c1C. The van der Waals surface area contributed by atoms with Crippen LogP contribution < -0.4 is 0 Å². The number of aryl methyl sites for hydroxylation is 2. The molecule has 1 aromatic heterocycles. The van der Waals surface area contributed by atoms with Gasteiger partial charge in [-0.2, -0.15) is 0 Å². The number of aromatic carboxylic acids is 1. The highest BCUT2D eigenvalue weighted by molar-refractivity contribution is 6.04. The zero-order chi connectivity index (χ0) is 14.2. The lowest BCUT2D eigenvalue weighted by atomic mass is 9.94. The smallest absolute Gasteiger partial charge is 0.371 e. The van der Waals surface area contributed by atoms with Crippen molar-refractivity contribution < 1.29 is 19.1 Å². The largest absolute Gasteiger partial charge is 0.475 e. The van der Waals surface area contributed by atoms with Crippen LogP contribution in [0.25, 0.3) is 11.0 Å². The number of hydrogen-bond donors (Lipinski definition) is 1. The van der Waals surface area contributed by atoms with Crippen molar-refractivity contribution in [3.8, 4) is 0 Å². The van der Waals surface area contributed by atoms with Crippen LogP contribution in [0.1, 0.15) is 51.8 Å². The maximum atomic E-state index is 12.1. The number of fused-ring (bicyclic) bond motifs is 1. The van der Waals surface area contributed by atoms with Gasteiger partial charge in [0.1, 0.15) is 5.58 Å². The van der Waals surface area contributed by atoms with Crippen molar-refractivity contribution in [3.63, 3.8) is 0 Å². The van der Waals surface area contributed by atoms with Crippen LogP contribution in [-0.4, -0.2) is 16.9 Å². The van der Waals surface area contributed by atoms with Crippen LogP contribution in [0.15, 0.2) is 16.5 Å².